The first-order valence-corrected chi connectivity index (χ1v) is 5.97. The summed E-state index contributed by atoms with van der Waals surface area (Å²) in [4.78, 5) is 0. The van der Waals surface area contributed by atoms with E-state index in [2.05, 4.69) is 24.3 Å². The number of fused-ring (bicyclic) bond motifs is 3. The molecule has 0 aliphatic heterocycles. The van der Waals surface area contributed by atoms with Gasteiger partial charge in [-0.05, 0) is 48.3 Å². The maximum atomic E-state index is 5.42. The van der Waals surface area contributed by atoms with Crippen molar-refractivity contribution in [2.24, 2.45) is 0 Å². The van der Waals surface area contributed by atoms with E-state index in [0.29, 0.717) is 0 Å². The van der Waals surface area contributed by atoms with Gasteiger partial charge in [0.1, 0.15) is 5.75 Å². The average Bonchev–Trinajstić information content (AvgIpc) is 2.37. The molecule has 1 nitrogen and oxygen atoms in total. The molecule has 1 heteroatoms. The van der Waals surface area contributed by atoms with Crippen LogP contribution in [0.1, 0.15) is 24.0 Å². The molecule has 0 unspecified atom stereocenters. The fourth-order valence-corrected chi connectivity index (χ4v) is 2.76. The minimum atomic E-state index is 0.992. The Morgan fingerprint density at radius 2 is 1.81 bits per heavy atom. The van der Waals surface area contributed by atoms with Crippen LogP contribution in [-0.4, -0.2) is 7.11 Å². The highest BCUT2D eigenvalue weighted by molar-refractivity contribution is 5.92. The van der Waals surface area contributed by atoms with E-state index in [4.69, 9.17) is 4.74 Å². The largest absolute Gasteiger partial charge is 0.496 e. The van der Waals surface area contributed by atoms with Gasteiger partial charge in [0, 0.05) is 5.39 Å². The lowest BCUT2D eigenvalue weighted by molar-refractivity contribution is 0.420. The molecular weight excluding hydrogens is 196 g/mol. The van der Waals surface area contributed by atoms with Gasteiger partial charge in [-0.1, -0.05) is 24.3 Å². The van der Waals surface area contributed by atoms with Gasteiger partial charge in [-0.2, -0.15) is 0 Å². The summed E-state index contributed by atoms with van der Waals surface area (Å²) in [6.45, 7) is 0. The van der Waals surface area contributed by atoms with Gasteiger partial charge in [-0.3, -0.25) is 0 Å². The maximum Gasteiger partial charge on any atom is 0.126 e. The SMILES string of the molecule is COc1cccc2c3c(ccc12)CCCC3. The molecule has 0 saturated heterocycles. The highest BCUT2D eigenvalue weighted by Crippen LogP contribution is 2.33. The van der Waals surface area contributed by atoms with Crippen LogP contribution in [0, 0.1) is 0 Å². The number of aryl methyl sites for hydroxylation is 2. The van der Waals surface area contributed by atoms with Gasteiger partial charge in [0.2, 0.25) is 0 Å². The van der Waals surface area contributed by atoms with E-state index in [9.17, 15) is 0 Å². The number of benzene rings is 2. The van der Waals surface area contributed by atoms with Gasteiger partial charge < -0.3 is 4.74 Å². The highest BCUT2D eigenvalue weighted by atomic mass is 16.5. The fraction of sp³-hybridized carbons (Fsp3) is 0.333. The first kappa shape index (κ1) is 9.71. The molecule has 1 aliphatic carbocycles. The smallest absolute Gasteiger partial charge is 0.126 e. The Bertz CT molecular complexity index is 528. The average molecular weight is 212 g/mol. The summed E-state index contributed by atoms with van der Waals surface area (Å²) >= 11 is 0. The Balaban J connectivity index is 2.31. The fourth-order valence-electron chi connectivity index (χ4n) is 2.76. The molecule has 0 N–H and O–H groups in total. The number of methoxy groups -OCH3 is 1. The Hall–Kier alpha value is -1.50. The first-order chi connectivity index (χ1) is 7.90. The topological polar surface area (TPSA) is 9.23 Å². The van der Waals surface area contributed by atoms with Crippen molar-refractivity contribution in [2.45, 2.75) is 25.7 Å². The van der Waals surface area contributed by atoms with Gasteiger partial charge in [0.15, 0.2) is 0 Å². The number of ether oxygens (including phenoxy) is 1. The van der Waals surface area contributed by atoms with E-state index < -0.39 is 0 Å². The second kappa shape index (κ2) is 3.82. The second-order valence-corrected chi connectivity index (χ2v) is 4.47. The normalized spacial score (nSPS) is 14.8. The quantitative estimate of drug-likeness (QED) is 0.700. The molecule has 0 fully saturated rings. The lowest BCUT2D eigenvalue weighted by Gasteiger charge is -2.18. The van der Waals surface area contributed by atoms with Crippen molar-refractivity contribution in [3.63, 3.8) is 0 Å². The van der Waals surface area contributed by atoms with Crippen molar-refractivity contribution in [3.8, 4) is 5.75 Å². The minimum absolute atomic E-state index is 0.992. The van der Waals surface area contributed by atoms with Crippen molar-refractivity contribution in [1.29, 1.82) is 0 Å². The first-order valence-electron chi connectivity index (χ1n) is 5.97. The predicted octanol–water partition coefficient (Wildman–Crippen LogP) is 3.73. The molecule has 0 atom stereocenters. The Labute approximate surface area is 96.0 Å². The lowest BCUT2D eigenvalue weighted by atomic mass is 9.87. The minimum Gasteiger partial charge on any atom is -0.496 e. The van der Waals surface area contributed by atoms with E-state index in [-0.39, 0.29) is 0 Å². The summed E-state index contributed by atoms with van der Waals surface area (Å²) in [7, 11) is 1.74. The zero-order valence-electron chi connectivity index (χ0n) is 9.62. The molecule has 0 radical (unpaired) electrons. The van der Waals surface area contributed by atoms with Gasteiger partial charge in [0.05, 0.1) is 7.11 Å². The lowest BCUT2D eigenvalue weighted by Crippen LogP contribution is -2.03. The van der Waals surface area contributed by atoms with Crippen LogP contribution in [0.25, 0.3) is 10.8 Å². The van der Waals surface area contributed by atoms with Crippen molar-refractivity contribution in [2.75, 3.05) is 7.11 Å². The molecule has 16 heavy (non-hydrogen) atoms. The molecule has 3 rings (SSSR count). The van der Waals surface area contributed by atoms with Crippen LogP contribution in [0.2, 0.25) is 0 Å². The molecule has 0 bridgehead atoms. The zero-order valence-corrected chi connectivity index (χ0v) is 9.62. The van der Waals surface area contributed by atoms with Crippen molar-refractivity contribution >= 4 is 10.8 Å². The van der Waals surface area contributed by atoms with Crippen LogP contribution in [0.4, 0.5) is 0 Å². The van der Waals surface area contributed by atoms with E-state index in [1.807, 2.05) is 6.07 Å². The van der Waals surface area contributed by atoms with E-state index in [1.165, 1.54) is 42.0 Å². The summed E-state index contributed by atoms with van der Waals surface area (Å²) in [6, 6.07) is 10.8. The standard InChI is InChI=1S/C15H16O/c1-16-15-8-4-7-13-12-6-3-2-5-11(12)9-10-14(13)15/h4,7-10H,2-3,5-6H2,1H3. The van der Waals surface area contributed by atoms with Crippen LogP contribution in [0.5, 0.6) is 5.75 Å². The summed E-state index contributed by atoms with van der Waals surface area (Å²) < 4.78 is 5.42. The van der Waals surface area contributed by atoms with E-state index in [0.717, 1.165) is 5.75 Å². The third-order valence-corrected chi connectivity index (χ3v) is 3.57. The van der Waals surface area contributed by atoms with Crippen molar-refractivity contribution in [1.82, 2.24) is 0 Å². The molecule has 0 heterocycles. The van der Waals surface area contributed by atoms with Crippen LogP contribution in [0.15, 0.2) is 30.3 Å². The molecule has 82 valence electrons. The Morgan fingerprint density at radius 3 is 2.69 bits per heavy atom. The van der Waals surface area contributed by atoms with Gasteiger partial charge in [0.25, 0.3) is 0 Å². The van der Waals surface area contributed by atoms with Gasteiger partial charge in [-0.25, -0.2) is 0 Å². The van der Waals surface area contributed by atoms with Crippen LogP contribution >= 0.6 is 0 Å². The second-order valence-electron chi connectivity index (χ2n) is 4.47. The summed E-state index contributed by atoms with van der Waals surface area (Å²) in [5.41, 5.74) is 3.08. The van der Waals surface area contributed by atoms with Gasteiger partial charge >= 0.3 is 0 Å². The third-order valence-electron chi connectivity index (χ3n) is 3.57. The molecule has 1 aliphatic rings. The molecule has 0 amide bonds. The third kappa shape index (κ3) is 1.39. The predicted molar refractivity (Wildman–Crippen MR) is 67.1 cm³/mol. The Kier molecular flexibility index (Phi) is 2.32. The number of rotatable bonds is 1. The maximum absolute atomic E-state index is 5.42. The Morgan fingerprint density at radius 1 is 0.938 bits per heavy atom. The summed E-state index contributed by atoms with van der Waals surface area (Å²) in [5, 5.41) is 2.64. The van der Waals surface area contributed by atoms with Crippen LogP contribution in [-0.2, 0) is 12.8 Å². The molecular formula is C15H16O. The van der Waals surface area contributed by atoms with E-state index >= 15 is 0 Å². The number of hydrogen-bond acceptors (Lipinski definition) is 1. The summed E-state index contributed by atoms with van der Waals surface area (Å²) in [6.07, 6.45) is 5.12. The monoisotopic (exact) mass is 212 g/mol. The summed E-state index contributed by atoms with van der Waals surface area (Å²) in [5.74, 6) is 0.992. The van der Waals surface area contributed by atoms with E-state index in [1.54, 1.807) is 12.7 Å². The molecule has 2 aromatic carbocycles. The highest BCUT2D eigenvalue weighted by Gasteiger charge is 2.13. The molecule has 0 aromatic heterocycles. The van der Waals surface area contributed by atoms with Crippen LogP contribution < -0.4 is 4.74 Å². The van der Waals surface area contributed by atoms with Crippen molar-refractivity contribution < 1.29 is 4.74 Å². The van der Waals surface area contributed by atoms with Crippen LogP contribution in [0.3, 0.4) is 0 Å². The molecule has 2 aromatic rings. The number of hydrogen-bond donors (Lipinski definition) is 0. The van der Waals surface area contributed by atoms with Crippen molar-refractivity contribution in [3.05, 3.63) is 41.5 Å². The molecule has 0 spiro atoms. The molecule has 0 saturated carbocycles. The zero-order chi connectivity index (χ0) is 11.0. The van der Waals surface area contributed by atoms with Gasteiger partial charge in [-0.15, -0.1) is 0 Å².